The number of benzene rings is 3. The Morgan fingerprint density at radius 1 is 0.556 bits per heavy atom. The van der Waals surface area contributed by atoms with Gasteiger partial charge in [0.05, 0.1) is 42.6 Å². The number of carbonyl (C=O) groups is 3. The minimum Gasteiger partial charge on any atom is -0.466 e. The van der Waals surface area contributed by atoms with Crippen LogP contribution in [0.15, 0.2) is 140 Å². The standard InChI is InChI=1S/C18H20N4O2S.C16H17N5OS.C13H12N4S.C5H9BrO2.CH4.3CH3.3Y/c1-3-24-15(23)9-11-22-13-8-10-20-17(19)16(13)21-18(22)25-14-7-5-4-6-12(14)2;1-10-4-2-3-5-12(10)23-16-20-14-11(6-8-19-15(14)18)21(16)9-7-13(17)22;1-8-4-2-3-5-10(8)18-13-16-9-6-7-15-12(14)11(9)17-13;1-2-8-5(7)3-4-6;;;;;;;/h4-8,10H,3,9,11H2,1-2H3,(H2,19,20);2-6,8H,7,9H2,1H3,(H2,17,22)(H2,18,19);2-7H,1H3,(H2,14,15)(H,16,17);2-4H2,1H3;1H4;3*1H3;;;/q;;;;;3*-1;;;. The van der Waals surface area contributed by atoms with Gasteiger partial charge in [0.15, 0.2) is 32.9 Å². The van der Waals surface area contributed by atoms with Crippen molar-refractivity contribution >= 4 is 120 Å². The molecule has 3 radical (unpaired) electrons. The van der Waals surface area contributed by atoms with E-state index in [0.29, 0.717) is 66.5 Å². The number of hydrogen-bond donors (Lipinski definition) is 5. The number of carbonyl (C=O) groups excluding carboxylic acids is 3. The molecule has 9 rings (SSSR count). The summed E-state index contributed by atoms with van der Waals surface area (Å²) in [5.41, 5.74) is 31.2. The molecule has 0 saturated carbocycles. The van der Waals surface area contributed by atoms with E-state index < -0.39 is 0 Å². The number of primary amides is 1. The third-order valence-electron chi connectivity index (χ3n) is 10.6. The van der Waals surface area contributed by atoms with Crippen molar-refractivity contribution in [1.82, 2.24) is 44.0 Å². The van der Waals surface area contributed by atoms with E-state index in [1.54, 1.807) is 67.7 Å². The third kappa shape index (κ3) is 23.3. The van der Waals surface area contributed by atoms with Gasteiger partial charge in [-0.15, -0.1) is 0 Å². The average molecular weight is 1450 g/mol. The quantitative estimate of drug-likeness (QED) is 0.0341. The Labute approximate surface area is 573 Å². The van der Waals surface area contributed by atoms with Gasteiger partial charge in [-0.3, -0.25) is 14.4 Å². The first-order valence-corrected chi connectivity index (χ1v) is 27.0. The first kappa shape index (κ1) is 79.2. The van der Waals surface area contributed by atoms with Gasteiger partial charge in [0.1, 0.15) is 16.6 Å². The second-order valence-corrected chi connectivity index (χ2v) is 19.8. The maximum absolute atomic E-state index is 11.8. The van der Waals surface area contributed by atoms with Crippen molar-refractivity contribution in [3.63, 3.8) is 0 Å². The maximum atomic E-state index is 11.8. The van der Waals surface area contributed by atoms with Crippen molar-refractivity contribution in [2.75, 3.05) is 35.7 Å². The zero-order valence-corrected chi connectivity index (χ0v) is 58.9. The number of nitrogens with one attached hydrogen (secondary N) is 1. The van der Waals surface area contributed by atoms with Crippen LogP contribution in [-0.4, -0.2) is 80.4 Å². The molecular formula is C56H71BrN13O5S3Y3-3. The molecule has 3 aromatic carbocycles. The zero-order valence-electron chi connectivity index (χ0n) is 46.3. The Kier molecular flexibility index (Phi) is 39.6. The molecule has 0 aliphatic rings. The average Bonchev–Trinajstić information content (AvgIpc) is 4.07. The number of aromatic amines is 1. The molecule has 25 heteroatoms. The number of nitrogen functional groups attached to an aromatic ring is 3. The molecule has 9 aromatic rings. The number of imidazole rings is 3. The number of esters is 2. The SMILES string of the molecule is C.CCOC(=O)CCBr.CCOC(=O)CCn1c(Sc2ccccc2C)nc2c(N)nccc21.Cc1ccccc1Sc1nc2c(N)nccc2[nH]1.Cc1ccccc1Sc1nc2c(N)nccc2n1CCC(N)=O.[CH3-].[CH3-].[CH3-].[Y].[Y].[Y]. The molecular weight excluding hydrogens is 1380 g/mol. The summed E-state index contributed by atoms with van der Waals surface area (Å²) in [7, 11) is 0. The molecule has 0 fully saturated rings. The Morgan fingerprint density at radius 2 is 0.938 bits per heavy atom. The van der Waals surface area contributed by atoms with Crippen molar-refractivity contribution in [3.8, 4) is 0 Å². The summed E-state index contributed by atoms with van der Waals surface area (Å²) in [6.07, 6.45) is 5.97. The number of nitrogens with two attached hydrogens (primary N) is 4. The molecule has 0 bridgehead atoms. The van der Waals surface area contributed by atoms with Gasteiger partial charge in [0.25, 0.3) is 0 Å². The van der Waals surface area contributed by atoms with E-state index in [1.165, 1.54) is 16.0 Å². The van der Waals surface area contributed by atoms with Crippen LogP contribution >= 0.6 is 51.2 Å². The van der Waals surface area contributed by atoms with Crippen molar-refractivity contribution in [2.24, 2.45) is 5.73 Å². The Bertz CT molecular complexity index is 3360. The molecule has 0 saturated heterocycles. The predicted molar refractivity (Wildman–Crippen MR) is 324 cm³/mol. The fraction of sp³-hybridized carbons (Fsp3) is 0.250. The van der Waals surface area contributed by atoms with Gasteiger partial charge < -0.3 is 68.8 Å². The monoisotopic (exact) mass is 1450 g/mol. The largest absolute Gasteiger partial charge is 0.466 e. The number of fused-ring (bicyclic) bond motifs is 3. The minimum atomic E-state index is -0.347. The van der Waals surface area contributed by atoms with E-state index >= 15 is 0 Å². The van der Waals surface area contributed by atoms with Gasteiger partial charge in [-0.1, -0.05) is 113 Å². The summed E-state index contributed by atoms with van der Waals surface area (Å²) in [6.45, 7) is 11.6. The van der Waals surface area contributed by atoms with Gasteiger partial charge in [-0.25, -0.2) is 29.9 Å². The summed E-state index contributed by atoms with van der Waals surface area (Å²) in [5.74, 6) is 0.523. The number of nitrogens with zero attached hydrogens (tertiary/aromatic N) is 8. The van der Waals surface area contributed by atoms with Crippen LogP contribution in [0.5, 0.6) is 0 Å². The van der Waals surface area contributed by atoms with Crippen LogP contribution < -0.4 is 22.9 Å². The van der Waals surface area contributed by atoms with E-state index in [9.17, 15) is 14.4 Å². The number of anilines is 3. The van der Waals surface area contributed by atoms with Crippen LogP contribution in [0, 0.1) is 43.1 Å². The number of alkyl halides is 1. The van der Waals surface area contributed by atoms with Crippen molar-refractivity contribution in [3.05, 3.63) is 149 Å². The Balaban J connectivity index is 0. The van der Waals surface area contributed by atoms with Crippen LogP contribution in [-0.2, 0) is 135 Å². The van der Waals surface area contributed by atoms with Crippen molar-refractivity contribution in [2.45, 2.75) is 105 Å². The molecule has 6 heterocycles. The van der Waals surface area contributed by atoms with E-state index in [0.717, 1.165) is 52.9 Å². The van der Waals surface area contributed by atoms with E-state index in [-0.39, 0.29) is 159 Å². The van der Waals surface area contributed by atoms with Gasteiger partial charge in [-0.05, 0) is 87.7 Å². The minimum absolute atomic E-state index is 0. The number of aromatic nitrogens is 9. The molecule has 0 aliphatic heterocycles. The molecule has 0 spiro atoms. The molecule has 0 aliphatic carbocycles. The number of H-pyrrole nitrogens is 1. The number of pyridine rings is 3. The van der Waals surface area contributed by atoms with E-state index in [1.807, 2.05) is 69.8 Å². The number of amides is 1. The smallest absolute Gasteiger partial charge is 0.307 e. The van der Waals surface area contributed by atoms with Gasteiger partial charge in [0, 0.05) is 156 Å². The second-order valence-electron chi connectivity index (χ2n) is 16.0. The molecule has 81 heavy (non-hydrogen) atoms. The van der Waals surface area contributed by atoms with Crippen LogP contribution in [0.25, 0.3) is 33.1 Å². The Hall–Kier alpha value is -3.83. The number of halogens is 1. The first-order valence-electron chi connectivity index (χ1n) is 23.4. The molecule has 427 valence electrons. The fourth-order valence-corrected chi connectivity index (χ4v) is 10.2. The van der Waals surface area contributed by atoms with Crippen LogP contribution in [0.2, 0.25) is 0 Å². The topological polar surface area (TPSA) is 277 Å². The van der Waals surface area contributed by atoms with Crippen LogP contribution in [0.4, 0.5) is 17.5 Å². The molecule has 0 unspecified atom stereocenters. The predicted octanol–water partition coefficient (Wildman–Crippen LogP) is 12.1. The number of hydrogen-bond acceptors (Lipinski definition) is 17. The number of rotatable bonds is 16. The van der Waals surface area contributed by atoms with Gasteiger partial charge in [-0.2, -0.15) is 0 Å². The fourth-order valence-electron chi connectivity index (χ4n) is 6.95. The summed E-state index contributed by atoms with van der Waals surface area (Å²) < 4.78 is 13.6. The summed E-state index contributed by atoms with van der Waals surface area (Å²) in [6, 6.07) is 30.0. The van der Waals surface area contributed by atoms with E-state index in [4.69, 9.17) is 27.7 Å². The number of aryl methyl sites for hydroxylation is 5. The van der Waals surface area contributed by atoms with Crippen molar-refractivity contribution in [1.29, 1.82) is 0 Å². The second kappa shape index (κ2) is 40.4. The van der Waals surface area contributed by atoms with Crippen LogP contribution in [0.3, 0.4) is 0 Å². The third-order valence-corrected chi connectivity index (χ3v) is 14.5. The molecule has 18 nitrogen and oxygen atoms in total. The van der Waals surface area contributed by atoms with Crippen molar-refractivity contribution < 1.29 is 122 Å². The summed E-state index contributed by atoms with van der Waals surface area (Å²) in [5, 5.41) is 3.08. The maximum Gasteiger partial charge on any atom is 0.307 e. The number of ether oxygens (including phenoxy) is 2. The first-order chi connectivity index (χ1) is 35.7. The van der Waals surface area contributed by atoms with Gasteiger partial charge in [0.2, 0.25) is 5.91 Å². The molecule has 1 amide bonds. The molecule has 0 atom stereocenters. The Morgan fingerprint density at radius 3 is 1.33 bits per heavy atom. The van der Waals surface area contributed by atoms with Gasteiger partial charge >= 0.3 is 11.9 Å². The van der Waals surface area contributed by atoms with Crippen LogP contribution in [0.1, 0.15) is 57.2 Å². The normalized spacial score (nSPS) is 9.80. The summed E-state index contributed by atoms with van der Waals surface area (Å²) in [4.78, 5) is 65.9. The van der Waals surface area contributed by atoms with E-state index in [2.05, 4.69) is 107 Å². The summed E-state index contributed by atoms with van der Waals surface area (Å²) >= 11 is 7.82. The zero-order chi connectivity index (χ0) is 53.1. The molecule has 9 N–H and O–H groups in total. The molecule has 6 aromatic heterocycles.